The smallest absolute Gasteiger partial charge is 0.252 e. The molecule has 1 aliphatic heterocycles. The molecule has 0 aliphatic carbocycles. The number of rotatable bonds is 4. The average molecular weight is 471 g/mol. The predicted octanol–water partition coefficient (Wildman–Crippen LogP) is 4.75. The number of piperidine rings is 1. The second kappa shape index (κ2) is 9.00. The van der Waals surface area contributed by atoms with Gasteiger partial charge in [0.1, 0.15) is 11.6 Å². The maximum absolute atomic E-state index is 14.4. The number of hydrogen-bond acceptors (Lipinski definition) is 5. The zero-order chi connectivity index (χ0) is 24.7. The Morgan fingerprint density at radius 2 is 1.83 bits per heavy atom. The van der Waals surface area contributed by atoms with Crippen LogP contribution >= 0.6 is 0 Å². The van der Waals surface area contributed by atoms with Crippen molar-refractivity contribution in [3.8, 4) is 28.0 Å². The molecule has 1 amide bonds. The van der Waals surface area contributed by atoms with Gasteiger partial charge in [-0.3, -0.25) is 9.78 Å². The van der Waals surface area contributed by atoms with Crippen LogP contribution in [0.2, 0.25) is 0 Å². The number of carbonyl (C=O) groups is 1. The molecule has 7 heteroatoms. The van der Waals surface area contributed by atoms with E-state index in [1.54, 1.807) is 18.3 Å². The number of aryl methyl sites for hydroxylation is 1. The van der Waals surface area contributed by atoms with Gasteiger partial charge in [-0.15, -0.1) is 0 Å². The predicted molar refractivity (Wildman–Crippen MR) is 137 cm³/mol. The monoisotopic (exact) mass is 470 g/mol. The van der Waals surface area contributed by atoms with Crippen molar-refractivity contribution in [3.05, 3.63) is 77.7 Å². The molecule has 4 aromatic rings. The number of pyridine rings is 1. The Bertz CT molecular complexity index is 1420. The third-order valence-electron chi connectivity index (χ3n) is 6.66. The molecule has 1 fully saturated rings. The highest BCUT2D eigenvalue weighted by Gasteiger charge is 2.23. The molecule has 0 spiro atoms. The summed E-state index contributed by atoms with van der Waals surface area (Å²) in [6.45, 7) is 3.41. The number of hydrogen-bond donors (Lipinski definition) is 3. The lowest BCUT2D eigenvalue weighted by Crippen LogP contribution is -2.40. The quantitative estimate of drug-likeness (QED) is 0.399. The molecule has 3 aromatic carbocycles. The number of nitrogens with two attached hydrogens (primary N) is 2. The summed E-state index contributed by atoms with van der Waals surface area (Å²) in [6.07, 6.45) is 3.50. The van der Waals surface area contributed by atoms with Crippen LogP contribution in [0.1, 0.15) is 28.8 Å². The summed E-state index contributed by atoms with van der Waals surface area (Å²) in [6, 6.07) is 15.8. The number of aromatic nitrogens is 1. The standard InChI is InChI=1S/C28H27FN4O2/c1-16-11-18(13-19(29)12-16)24-15-32-25-6-5-17(21-3-2-4-22(27(21)34)28(31)35)14-23(25)26(24)33-9-7-20(30)8-10-33/h2-6,11-15,20,34H,7-10,30H2,1H3,(H2,31,35). The summed E-state index contributed by atoms with van der Waals surface area (Å²) >= 11 is 0. The van der Waals surface area contributed by atoms with Crippen molar-refractivity contribution in [3.63, 3.8) is 0 Å². The number of fused-ring (bicyclic) bond motifs is 1. The van der Waals surface area contributed by atoms with Crippen molar-refractivity contribution in [2.24, 2.45) is 11.5 Å². The molecule has 1 saturated heterocycles. The first-order valence-corrected chi connectivity index (χ1v) is 11.6. The van der Waals surface area contributed by atoms with Crippen LogP contribution in [0.4, 0.5) is 10.1 Å². The lowest BCUT2D eigenvalue weighted by Gasteiger charge is -2.34. The van der Waals surface area contributed by atoms with E-state index < -0.39 is 5.91 Å². The molecule has 0 saturated carbocycles. The Morgan fingerprint density at radius 3 is 2.54 bits per heavy atom. The van der Waals surface area contributed by atoms with E-state index in [0.717, 1.165) is 64.8 Å². The van der Waals surface area contributed by atoms with E-state index in [-0.39, 0.29) is 23.2 Å². The van der Waals surface area contributed by atoms with E-state index in [4.69, 9.17) is 11.5 Å². The van der Waals surface area contributed by atoms with E-state index in [0.29, 0.717) is 5.56 Å². The molecule has 35 heavy (non-hydrogen) atoms. The van der Waals surface area contributed by atoms with Gasteiger partial charge in [-0.2, -0.15) is 0 Å². The van der Waals surface area contributed by atoms with E-state index in [2.05, 4.69) is 9.88 Å². The van der Waals surface area contributed by atoms with E-state index in [1.807, 2.05) is 31.2 Å². The molecular weight excluding hydrogens is 443 g/mol. The van der Waals surface area contributed by atoms with Gasteiger partial charge in [0.25, 0.3) is 5.91 Å². The van der Waals surface area contributed by atoms with Crippen molar-refractivity contribution >= 4 is 22.5 Å². The highest BCUT2D eigenvalue weighted by Crippen LogP contribution is 2.41. The zero-order valence-corrected chi connectivity index (χ0v) is 19.5. The first-order valence-electron chi connectivity index (χ1n) is 11.6. The summed E-state index contributed by atoms with van der Waals surface area (Å²) in [7, 11) is 0. The fourth-order valence-corrected chi connectivity index (χ4v) is 4.89. The minimum absolute atomic E-state index is 0.0648. The van der Waals surface area contributed by atoms with Crippen molar-refractivity contribution in [2.75, 3.05) is 18.0 Å². The molecule has 1 aromatic heterocycles. The number of nitrogens with zero attached hydrogens (tertiary/aromatic N) is 2. The molecule has 5 rings (SSSR count). The number of phenols is 1. The Hall–Kier alpha value is -3.97. The van der Waals surface area contributed by atoms with Crippen LogP contribution in [-0.2, 0) is 0 Å². The van der Waals surface area contributed by atoms with Gasteiger partial charge in [0.05, 0.1) is 16.8 Å². The number of amides is 1. The van der Waals surface area contributed by atoms with Crippen molar-refractivity contribution in [2.45, 2.75) is 25.8 Å². The molecule has 0 atom stereocenters. The van der Waals surface area contributed by atoms with Crippen LogP contribution in [0.5, 0.6) is 5.75 Å². The first kappa shape index (κ1) is 22.8. The average Bonchev–Trinajstić information content (AvgIpc) is 2.83. The van der Waals surface area contributed by atoms with Gasteiger partial charge in [0, 0.05) is 41.8 Å². The Labute approximate surface area is 203 Å². The zero-order valence-electron chi connectivity index (χ0n) is 19.5. The second-order valence-corrected chi connectivity index (χ2v) is 9.16. The van der Waals surface area contributed by atoms with Gasteiger partial charge in [-0.05, 0) is 66.8 Å². The van der Waals surface area contributed by atoms with E-state index >= 15 is 0 Å². The van der Waals surface area contributed by atoms with Crippen molar-refractivity contribution in [1.82, 2.24) is 4.98 Å². The Morgan fingerprint density at radius 1 is 1.06 bits per heavy atom. The van der Waals surface area contributed by atoms with Crippen molar-refractivity contribution < 1.29 is 14.3 Å². The molecule has 5 N–H and O–H groups in total. The normalized spacial score (nSPS) is 14.4. The number of carbonyl (C=O) groups excluding carboxylic acids is 1. The number of aromatic hydroxyl groups is 1. The summed E-state index contributed by atoms with van der Waals surface area (Å²) in [5.41, 5.74) is 17.1. The van der Waals surface area contributed by atoms with Crippen LogP contribution in [-0.4, -0.2) is 35.1 Å². The highest BCUT2D eigenvalue weighted by atomic mass is 19.1. The lowest BCUT2D eigenvalue weighted by molar-refractivity contribution is 0.0998. The van der Waals surface area contributed by atoms with Crippen LogP contribution in [0.15, 0.2) is 60.8 Å². The second-order valence-electron chi connectivity index (χ2n) is 9.16. The van der Waals surface area contributed by atoms with Gasteiger partial charge in [-0.1, -0.05) is 24.3 Å². The molecule has 0 bridgehead atoms. The van der Waals surface area contributed by atoms with Gasteiger partial charge in [-0.25, -0.2) is 4.39 Å². The minimum atomic E-state index is -0.694. The molecule has 0 unspecified atom stereocenters. The summed E-state index contributed by atoms with van der Waals surface area (Å²) < 4.78 is 14.4. The van der Waals surface area contributed by atoms with Crippen molar-refractivity contribution in [1.29, 1.82) is 0 Å². The maximum Gasteiger partial charge on any atom is 0.252 e. The molecular formula is C28H27FN4O2. The van der Waals surface area contributed by atoms with Gasteiger partial charge in [0.15, 0.2) is 0 Å². The first-order chi connectivity index (χ1) is 16.8. The number of para-hydroxylation sites is 1. The third-order valence-corrected chi connectivity index (χ3v) is 6.66. The molecule has 178 valence electrons. The molecule has 6 nitrogen and oxygen atoms in total. The van der Waals surface area contributed by atoms with Gasteiger partial charge in [0.2, 0.25) is 0 Å². The number of anilines is 1. The third kappa shape index (κ3) is 4.31. The van der Waals surface area contributed by atoms with Crippen LogP contribution in [0.3, 0.4) is 0 Å². The number of halogens is 1. The van der Waals surface area contributed by atoms with Crippen LogP contribution < -0.4 is 16.4 Å². The van der Waals surface area contributed by atoms with Gasteiger partial charge < -0.3 is 21.5 Å². The van der Waals surface area contributed by atoms with E-state index in [9.17, 15) is 14.3 Å². The highest BCUT2D eigenvalue weighted by molar-refractivity contribution is 6.03. The summed E-state index contributed by atoms with van der Waals surface area (Å²) in [5.74, 6) is -1.15. The Kier molecular flexibility index (Phi) is 5.86. The SMILES string of the molecule is Cc1cc(F)cc(-c2cnc3ccc(-c4cccc(C(N)=O)c4O)cc3c2N2CCC(N)CC2)c1. The fraction of sp³-hybridized carbons (Fsp3) is 0.214. The van der Waals surface area contributed by atoms with E-state index in [1.165, 1.54) is 18.2 Å². The molecule has 0 radical (unpaired) electrons. The van der Waals surface area contributed by atoms with Gasteiger partial charge >= 0.3 is 0 Å². The lowest BCUT2D eigenvalue weighted by atomic mass is 9.95. The maximum atomic E-state index is 14.4. The molecule has 1 aliphatic rings. The number of benzene rings is 3. The Balaban J connectivity index is 1.75. The topological polar surface area (TPSA) is 105 Å². The largest absolute Gasteiger partial charge is 0.506 e. The van der Waals surface area contributed by atoms with Crippen LogP contribution in [0.25, 0.3) is 33.2 Å². The minimum Gasteiger partial charge on any atom is -0.506 e. The fourth-order valence-electron chi connectivity index (χ4n) is 4.89. The summed E-state index contributed by atoms with van der Waals surface area (Å²) in [4.78, 5) is 18.7. The van der Waals surface area contributed by atoms with Crippen LogP contribution in [0, 0.1) is 12.7 Å². The number of primary amides is 1. The molecule has 2 heterocycles. The summed E-state index contributed by atoms with van der Waals surface area (Å²) in [5, 5.41) is 11.6.